The Morgan fingerprint density at radius 2 is 1.81 bits per heavy atom. The third-order valence-corrected chi connectivity index (χ3v) is 6.04. The van der Waals surface area contributed by atoms with Gasteiger partial charge < -0.3 is 14.5 Å². The molecule has 1 aromatic heterocycles. The number of nitrogens with zero attached hydrogens (tertiary/aromatic N) is 3. The zero-order valence-corrected chi connectivity index (χ0v) is 17.5. The molecular formula is C22H20F3N3O2S. The van der Waals surface area contributed by atoms with E-state index < -0.39 is 11.7 Å². The van der Waals surface area contributed by atoms with Crippen molar-refractivity contribution >= 4 is 22.9 Å². The lowest BCUT2D eigenvalue weighted by Gasteiger charge is -2.35. The van der Waals surface area contributed by atoms with E-state index in [4.69, 9.17) is 4.74 Å². The predicted octanol–water partition coefficient (Wildman–Crippen LogP) is 4.80. The van der Waals surface area contributed by atoms with Crippen LogP contribution in [0.2, 0.25) is 0 Å². The number of alkyl halides is 3. The first-order valence-corrected chi connectivity index (χ1v) is 10.5. The molecule has 0 unspecified atom stereocenters. The minimum absolute atomic E-state index is 0.209. The van der Waals surface area contributed by atoms with E-state index in [1.807, 2.05) is 24.3 Å². The number of carbonyl (C=O) groups is 1. The highest BCUT2D eigenvalue weighted by Crippen LogP contribution is 2.33. The van der Waals surface area contributed by atoms with Gasteiger partial charge in [-0.25, -0.2) is 4.98 Å². The first-order chi connectivity index (χ1) is 14.8. The Bertz CT molecular complexity index is 1080. The van der Waals surface area contributed by atoms with Gasteiger partial charge in [-0.1, -0.05) is 18.2 Å². The minimum Gasteiger partial charge on any atom is -0.497 e. The fourth-order valence-corrected chi connectivity index (χ4v) is 4.26. The number of hydrogen-bond donors (Lipinski definition) is 0. The van der Waals surface area contributed by atoms with Crippen LogP contribution in [0.25, 0.3) is 10.6 Å². The van der Waals surface area contributed by atoms with E-state index >= 15 is 0 Å². The summed E-state index contributed by atoms with van der Waals surface area (Å²) >= 11 is 1.17. The molecule has 0 atom stereocenters. The van der Waals surface area contributed by atoms with E-state index in [0.29, 0.717) is 36.8 Å². The van der Waals surface area contributed by atoms with Crippen LogP contribution in [0.15, 0.2) is 53.9 Å². The molecule has 0 spiro atoms. The Kier molecular flexibility index (Phi) is 5.86. The maximum atomic E-state index is 13.0. The van der Waals surface area contributed by atoms with Crippen molar-refractivity contribution in [3.63, 3.8) is 0 Å². The van der Waals surface area contributed by atoms with Gasteiger partial charge in [0.25, 0.3) is 5.91 Å². The molecule has 31 heavy (non-hydrogen) atoms. The molecule has 1 fully saturated rings. The van der Waals surface area contributed by atoms with E-state index in [2.05, 4.69) is 9.88 Å². The summed E-state index contributed by atoms with van der Waals surface area (Å²) in [6, 6.07) is 12.8. The molecule has 9 heteroatoms. The zero-order valence-electron chi connectivity index (χ0n) is 16.7. The molecule has 5 nitrogen and oxygen atoms in total. The van der Waals surface area contributed by atoms with E-state index in [-0.39, 0.29) is 11.6 Å². The standard InChI is InChI=1S/C22H20F3N3O2S/c1-30-18-7-3-6-17(13-18)27-8-10-28(11-9-27)21(29)19-14-31-20(26-19)15-4-2-5-16(12-15)22(23,24)25/h2-7,12-14H,8-11H2,1H3. The summed E-state index contributed by atoms with van der Waals surface area (Å²) in [6.45, 7) is 2.41. The number of ether oxygens (including phenoxy) is 1. The summed E-state index contributed by atoms with van der Waals surface area (Å²) in [5.41, 5.74) is 0.905. The van der Waals surface area contributed by atoms with Crippen molar-refractivity contribution in [1.29, 1.82) is 0 Å². The molecule has 1 amide bonds. The topological polar surface area (TPSA) is 45.7 Å². The number of benzene rings is 2. The highest BCUT2D eigenvalue weighted by atomic mass is 32.1. The Morgan fingerprint density at radius 1 is 1.06 bits per heavy atom. The zero-order chi connectivity index (χ0) is 22.0. The van der Waals surface area contributed by atoms with Gasteiger partial charge in [0.15, 0.2) is 0 Å². The SMILES string of the molecule is COc1cccc(N2CCN(C(=O)c3csc(-c4cccc(C(F)(F)F)c4)n3)CC2)c1. The van der Waals surface area contributed by atoms with Crippen molar-refractivity contribution in [1.82, 2.24) is 9.88 Å². The molecule has 2 heterocycles. The normalized spacial score (nSPS) is 14.6. The minimum atomic E-state index is -4.42. The third kappa shape index (κ3) is 4.66. The predicted molar refractivity (Wildman–Crippen MR) is 114 cm³/mol. The van der Waals surface area contributed by atoms with E-state index in [0.717, 1.165) is 23.6 Å². The molecule has 3 aromatic rings. The lowest BCUT2D eigenvalue weighted by atomic mass is 10.1. The largest absolute Gasteiger partial charge is 0.497 e. The molecule has 2 aromatic carbocycles. The second kappa shape index (κ2) is 8.58. The summed E-state index contributed by atoms with van der Waals surface area (Å²) in [5, 5.41) is 2.00. The van der Waals surface area contributed by atoms with Crippen molar-refractivity contribution in [2.24, 2.45) is 0 Å². The second-order valence-corrected chi connectivity index (χ2v) is 7.96. The second-order valence-electron chi connectivity index (χ2n) is 7.10. The number of thiazole rings is 1. The fourth-order valence-electron chi connectivity index (χ4n) is 3.47. The molecule has 1 aliphatic heterocycles. The molecular weight excluding hydrogens is 427 g/mol. The third-order valence-electron chi connectivity index (χ3n) is 5.15. The van der Waals surface area contributed by atoms with Crippen LogP contribution < -0.4 is 9.64 Å². The Balaban J connectivity index is 1.43. The summed E-state index contributed by atoms with van der Waals surface area (Å²) < 4.78 is 44.2. The number of piperazine rings is 1. The van der Waals surface area contributed by atoms with E-state index in [1.165, 1.54) is 17.4 Å². The van der Waals surface area contributed by atoms with Crippen molar-refractivity contribution in [2.75, 3.05) is 38.2 Å². The Morgan fingerprint density at radius 3 is 2.52 bits per heavy atom. The van der Waals surface area contributed by atoms with Crippen LogP contribution in [0.1, 0.15) is 16.1 Å². The fraction of sp³-hybridized carbons (Fsp3) is 0.273. The lowest BCUT2D eigenvalue weighted by molar-refractivity contribution is -0.137. The van der Waals surface area contributed by atoms with Gasteiger partial charge in [0, 0.05) is 48.9 Å². The maximum Gasteiger partial charge on any atom is 0.416 e. The smallest absolute Gasteiger partial charge is 0.416 e. The van der Waals surface area contributed by atoms with Crippen molar-refractivity contribution in [3.05, 3.63) is 65.2 Å². The number of hydrogen-bond acceptors (Lipinski definition) is 5. The average molecular weight is 447 g/mol. The lowest BCUT2D eigenvalue weighted by Crippen LogP contribution is -2.48. The number of aromatic nitrogens is 1. The van der Waals surface area contributed by atoms with Crippen molar-refractivity contribution in [2.45, 2.75) is 6.18 Å². The van der Waals surface area contributed by atoms with Gasteiger partial charge in [0.1, 0.15) is 16.5 Å². The molecule has 0 N–H and O–H groups in total. The number of halogens is 3. The van der Waals surface area contributed by atoms with Crippen molar-refractivity contribution in [3.8, 4) is 16.3 Å². The number of rotatable bonds is 4. The quantitative estimate of drug-likeness (QED) is 0.577. The van der Waals surface area contributed by atoms with Crippen LogP contribution >= 0.6 is 11.3 Å². The van der Waals surface area contributed by atoms with Gasteiger partial charge in [-0.3, -0.25) is 4.79 Å². The summed E-state index contributed by atoms with van der Waals surface area (Å²) in [5.74, 6) is 0.570. The monoisotopic (exact) mass is 447 g/mol. The first-order valence-electron chi connectivity index (χ1n) is 9.66. The number of methoxy groups -OCH3 is 1. The molecule has 4 rings (SSSR count). The van der Waals surface area contributed by atoms with Crippen LogP contribution in [0, 0.1) is 0 Å². The van der Waals surface area contributed by atoms with Gasteiger partial charge in [-0.2, -0.15) is 13.2 Å². The van der Waals surface area contributed by atoms with Gasteiger partial charge in [0.05, 0.1) is 12.7 Å². The highest BCUT2D eigenvalue weighted by molar-refractivity contribution is 7.13. The van der Waals surface area contributed by atoms with Gasteiger partial charge in [-0.15, -0.1) is 11.3 Å². The van der Waals surface area contributed by atoms with Crippen LogP contribution in [0.3, 0.4) is 0 Å². The summed E-state index contributed by atoms with van der Waals surface area (Å²) in [4.78, 5) is 21.1. The van der Waals surface area contributed by atoms with E-state index in [9.17, 15) is 18.0 Å². The van der Waals surface area contributed by atoms with Crippen LogP contribution in [-0.4, -0.2) is 49.1 Å². The number of anilines is 1. The van der Waals surface area contributed by atoms with Crippen LogP contribution in [0.4, 0.5) is 18.9 Å². The van der Waals surface area contributed by atoms with Gasteiger partial charge in [-0.05, 0) is 24.3 Å². The molecule has 1 aliphatic rings. The summed E-state index contributed by atoms with van der Waals surface area (Å²) in [6.07, 6.45) is -4.42. The number of carbonyl (C=O) groups excluding carboxylic acids is 1. The molecule has 162 valence electrons. The van der Waals surface area contributed by atoms with Crippen LogP contribution in [-0.2, 0) is 6.18 Å². The van der Waals surface area contributed by atoms with Crippen molar-refractivity contribution < 1.29 is 22.7 Å². The van der Waals surface area contributed by atoms with E-state index in [1.54, 1.807) is 23.5 Å². The molecule has 0 aliphatic carbocycles. The number of amides is 1. The Hall–Kier alpha value is -3.07. The summed E-state index contributed by atoms with van der Waals surface area (Å²) in [7, 11) is 1.62. The maximum absolute atomic E-state index is 13.0. The molecule has 0 saturated carbocycles. The van der Waals surface area contributed by atoms with Gasteiger partial charge >= 0.3 is 6.18 Å². The van der Waals surface area contributed by atoms with Gasteiger partial charge in [0.2, 0.25) is 0 Å². The Labute approximate surface area is 181 Å². The highest BCUT2D eigenvalue weighted by Gasteiger charge is 2.31. The molecule has 1 saturated heterocycles. The molecule has 0 bridgehead atoms. The first kappa shape index (κ1) is 21.2. The average Bonchev–Trinajstić information content (AvgIpc) is 3.29. The molecule has 0 radical (unpaired) electrons. The van der Waals surface area contributed by atoms with Crippen LogP contribution in [0.5, 0.6) is 5.75 Å².